The topological polar surface area (TPSA) is 118 Å². The van der Waals surface area contributed by atoms with E-state index in [0.717, 1.165) is 17.9 Å². The Labute approximate surface area is 187 Å². The molecule has 0 aliphatic carbocycles. The van der Waals surface area contributed by atoms with Gasteiger partial charge in [-0.1, -0.05) is 26.0 Å². The fourth-order valence-corrected chi connectivity index (χ4v) is 3.46. The number of amides is 1. The van der Waals surface area contributed by atoms with E-state index in [1.165, 1.54) is 5.56 Å². The first-order chi connectivity index (χ1) is 15.5. The van der Waals surface area contributed by atoms with Crippen LogP contribution in [0.5, 0.6) is 0 Å². The van der Waals surface area contributed by atoms with Gasteiger partial charge in [0.25, 0.3) is 0 Å². The average molecular weight is 434 g/mol. The minimum Gasteiger partial charge on any atom is -0.447 e. The predicted octanol–water partition coefficient (Wildman–Crippen LogP) is 3.83. The van der Waals surface area contributed by atoms with Crippen LogP contribution < -0.4 is 21.3 Å². The van der Waals surface area contributed by atoms with E-state index in [-0.39, 0.29) is 18.1 Å². The molecule has 3 heterocycles. The van der Waals surface area contributed by atoms with Gasteiger partial charge in [-0.2, -0.15) is 4.98 Å². The summed E-state index contributed by atoms with van der Waals surface area (Å²) in [6, 6.07) is 13.5. The molecule has 166 valence electrons. The number of rotatable bonds is 8. The van der Waals surface area contributed by atoms with E-state index in [4.69, 9.17) is 10.5 Å². The van der Waals surface area contributed by atoms with Gasteiger partial charge >= 0.3 is 6.09 Å². The number of nitrogens with zero attached hydrogens (tertiary/aromatic N) is 4. The monoisotopic (exact) mass is 433 g/mol. The molecular weight excluding hydrogens is 406 g/mol. The predicted molar refractivity (Wildman–Crippen MR) is 125 cm³/mol. The van der Waals surface area contributed by atoms with Crippen molar-refractivity contribution in [3.63, 3.8) is 0 Å². The van der Waals surface area contributed by atoms with Gasteiger partial charge in [-0.25, -0.2) is 14.8 Å². The lowest BCUT2D eigenvalue weighted by Crippen LogP contribution is -2.37. The van der Waals surface area contributed by atoms with Crippen LogP contribution in [-0.2, 0) is 11.2 Å². The fourth-order valence-electron chi connectivity index (χ4n) is 3.46. The van der Waals surface area contributed by atoms with E-state index in [9.17, 15) is 4.79 Å². The van der Waals surface area contributed by atoms with Crippen LogP contribution in [0.15, 0.2) is 54.9 Å². The zero-order valence-corrected chi connectivity index (χ0v) is 18.2. The van der Waals surface area contributed by atoms with Crippen molar-refractivity contribution in [2.75, 3.05) is 34.4 Å². The number of aromatic nitrogens is 3. The molecule has 0 bridgehead atoms. The Hall–Kier alpha value is -3.88. The molecule has 0 saturated carbocycles. The lowest BCUT2D eigenvalue weighted by Gasteiger charge is -2.23. The standard InChI is InChI=1S/C23H27N7O2/c1-15(2)19-14-32-23(31)30(19)21-10-12-26-22(29-21)25-11-9-16-3-6-18(7-4-16)28-20-8-5-17(24)13-27-20/h3-8,10,12-13,15,19H,9,11,14,24H2,1-2H3,(H,27,28)(H,25,26,29)/t19-/m1/s1. The number of benzene rings is 1. The quantitative estimate of drug-likeness (QED) is 0.490. The lowest BCUT2D eigenvalue weighted by atomic mass is 10.0. The smallest absolute Gasteiger partial charge is 0.415 e. The summed E-state index contributed by atoms with van der Waals surface area (Å²) < 4.78 is 5.22. The van der Waals surface area contributed by atoms with Gasteiger partial charge in [-0.05, 0) is 48.2 Å². The van der Waals surface area contributed by atoms with E-state index in [2.05, 4.69) is 51.6 Å². The Kier molecular flexibility index (Phi) is 6.34. The Balaban J connectivity index is 1.32. The van der Waals surface area contributed by atoms with Crippen LogP contribution in [0.25, 0.3) is 0 Å². The minimum absolute atomic E-state index is 0.0270. The van der Waals surface area contributed by atoms with Crippen molar-refractivity contribution in [1.82, 2.24) is 15.0 Å². The molecule has 1 aliphatic rings. The van der Waals surface area contributed by atoms with Crippen LogP contribution in [0.2, 0.25) is 0 Å². The van der Waals surface area contributed by atoms with Gasteiger partial charge in [0.15, 0.2) is 0 Å². The number of ether oxygens (including phenoxy) is 1. The van der Waals surface area contributed by atoms with Gasteiger partial charge in [0.05, 0.1) is 17.9 Å². The highest BCUT2D eigenvalue weighted by molar-refractivity contribution is 5.89. The highest BCUT2D eigenvalue weighted by atomic mass is 16.6. The van der Waals surface area contributed by atoms with Crippen LogP contribution in [0.4, 0.5) is 33.8 Å². The molecule has 4 rings (SSSR count). The molecule has 4 N–H and O–H groups in total. The number of nitrogens with one attached hydrogen (secondary N) is 2. The first kappa shape index (κ1) is 21.4. The normalized spacial score (nSPS) is 15.7. The van der Waals surface area contributed by atoms with Gasteiger partial charge in [0.1, 0.15) is 18.2 Å². The maximum absolute atomic E-state index is 12.2. The number of carbonyl (C=O) groups excluding carboxylic acids is 1. The molecule has 32 heavy (non-hydrogen) atoms. The van der Waals surface area contributed by atoms with E-state index in [1.54, 1.807) is 23.4 Å². The van der Waals surface area contributed by atoms with Gasteiger partial charge < -0.3 is 21.1 Å². The van der Waals surface area contributed by atoms with Crippen molar-refractivity contribution in [1.29, 1.82) is 0 Å². The molecule has 0 radical (unpaired) electrons. The third-order valence-corrected chi connectivity index (χ3v) is 5.27. The van der Waals surface area contributed by atoms with E-state index in [0.29, 0.717) is 30.6 Å². The molecular formula is C23H27N7O2. The highest BCUT2D eigenvalue weighted by Crippen LogP contribution is 2.26. The molecule has 9 nitrogen and oxygen atoms in total. The van der Waals surface area contributed by atoms with Gasteiger partial charge in [0, 0.05) is 18.4 Å². The Morgan fingerprint density at radius 2 is 1.97 bits per heavy atom. The van der Waals surface area contributed by atoms with Crippen LogP contribution in [0.3, 0.4) is 0 Å². The second-order valence-corrected chi connectivity index (χ2v) is 7.97. The molecule has 1 saturated heterocycles. The van der Waals surface area contributed by atoms with Crippen molar-refractivity contribution >= 4 is 35.1 Å². The van der Waals surface area contributed by atoms with Gasteiger partial charge in [-0.15, -0.1) is 0 Å². The first-order valence-corrected chi connectivity index (χ1v) is 10.6. The summed E-state index contributed by atoms with van der Waals surface area (Å²) in [6.07, 6.45) is 3.71. The van der Waals surface area contributed by atoms with E-state index >= 15 is 0 Å². The maximum Gasteiger partial charge on any atom is 0.415 e. The average Bonchev–Trinajstić information content (AvgIpc) is 3.18. The molecule has 0 unspecified atom stereocenters. The summed E-state index contributed by atoms with van der Waals surface area (Å²) in [5.41, 5.74) is 8.42. The van der Waals surface area contributed by atoms with Crippen LogP contribution in [0.1, 0.15) is 19.4 Å². The number of anilines is 5. The Morgan fingerprint density at radius 3 is 2.69 bits per heavy atom. The number of hydrogen-bond acceptors (Lipinski definition) is 8. The summed E-state index contributed by atoms with van der Waals surface area (Å²) >= 11 is 0. The molecule has 9 heteroatoms. The maximum atomic E-state index is 12.2. The third kappa shape index (κ3) is 5.05. The van der Waals surface area contributed by atoms with Crippen LogP contribution >= 0.6 is 0 Å². The fraction of sp³-hybridized carbons (Fsp3) is 0.304. The summed E-state index contributed by atoms with van der Waals surface area (Å²) in [5.74, 6) is 2.04. The van der Waals surface area contributed by atoms with Crippen molar-refractivity contribution in [3.05, 3.63) is 60.4 Å². The first-order valence-electron chi connectivity index (χ1n) is 10.6. The largest absolute Gasteiger partial charge is 0.447 e. The van der Waals surface area contributed by atoms with Crippen molar-refractivity contribution in [3.8, 4) is 0 Å². The lowest BCUT2D eigenvalue weighted by molar-refractivity contribution is 0.177. The SMILES string of the molecule is CC(C)[C@H]1COC(=O)N1c1ccnc(NCCc2ccc(Nc3ccc(N)cn3)cc2)n1. The molecule has 3 aromatic rings. The number of carbonyl (C=O) groups is 1. The minimum atomic E-state index is -0.365. The highest BCUT2D eigenvalue weighted by Gasteiger charge is 2.37. The summed E-state index contributed by atoms with van der Waals surface area (Å²) in [6.45, 7) is 5.16. The molecule has 1 aliphatic heterocycles. The van der Waals surface area contributed by atoms with Crippen molar-refractivity contribution in [2.45, 2.75) is 26.3 Å². The zero-order valence-electron chi connectivity index (χ0n) is 18.2. The zero-order chi connectivity index (χ0) is 22.5. The number of nitrogen functional groups attached to an aromatic ring is 1. The molecule has 1 atom stereocenters. The molecule has 1 fully saturated rings. The number of nitrogens with two attached hydrogens (primary N) is 1. The van der Waals surface area contributed by atoms with E-state index in [1.807, 2.05) is 24.3 Å². The van der Waals surface area contributed by atoms with E-state index < -0.39 is 0 Å². The van der Waals surface area contributed by atoms with Crippen molar-refractivity contribution < 1.29 is 9.53 Å². The van der Waals surface area contributed by atoms with Crippen LogP contribution in [-0.4, -0.2) is 40.2 Å². The van der Waals surface area contributed by atoms with Gasteiger partial charge in [0.2, 0.25) is 5.95 Å². The van der Waals surface area contributed by atoms with Gasteiger partial charge in [-0.3, -0.25) is 4.90 Å². The molecule has 2 aromatic heterocycles. The molecule has 1 amide bonds. The third-order valence-electron chi connectivity index (χ3n) is 5.27. The van der Waals surface area contributed by atoms with Crippen molar-refractivity contribution in [2.24, 2.45) is 5.92 Å². The summed E-state index contributed by atoms with van der Waals surface area (Å²) in [4.78, 5) is 26.8. The Bertz CT molecular complexity index is 1050. The number of hydrogen-bond donors (Lipinski definition) is 3. The molecule has 0 spiro atoms. The Morgan fingerprint density at radius 1 is 1.16 bits per heavy atom. The molecule has 1 aromatic carbocycles. The number of pyridine rings is 1. The number of cyclic esters (lactones) is 1. The summed E-state index contributed by atoms with van der Waals surface area (Å²) in [5, 5.41) is 6.48. The second kappa shape index (κ2) is 9.51. The summed E-state index contributed by atoms with van der Waals surface area (Å²) in [7, 11) is 0. The second-order valence-electron chi connectivity index (χ2n) is 7.97. The van der Waals surface area contributed by atoms with Crippen LogP contribution in [0, 0.1) is 5.92 Å².